The van der Waals surface area contributed by atoms with Crippen molar-refractivity contribution in [2.24, 2.45) is 5.73 Å². The topological polar surface area (TPSA) is 250 Å². The fourth-order valence-electron chi connectivity index (χ4n) is 7.00. The van der Waals surface area contributed by atoms with Crippen molar-refractivity contribution < 1.29 is 33.7 Å². The number of piperazine rings is 2. The largest absolute Gasteiger partial charge is 0.481 e. The number of aryl methyl sites for hydroxylation is 2. The highest BCUT2D eigenvalue weighted by Crippen LogP contribution is 2.23. The number of rotatable bonds is 27. The van der Waals surface area contributed by atoms with Gasteiger partial charge in [-0.2, -0.15) is 15.0 Å². The number of hydrogen-bond acceptors (Lipinski definition) is 17. The molecule has 2 aliphatic heterocycles. The predicted molar refractivity (Wildman–Crippen MR) is 228 cm³/mol. The lowest BCUT2D eigenvalue weighted by molar-refractivity contribution is -0.137. The maximum absolute atomic E-state index is 14.0. The maximum atomic E-state index is 14.0. The highest BCUT2D eigenvalue weighted by atomic mass is 16.5. The summed E-state index contributed by atoms with van der Waals surface area (Å²) in [6.07, 6.45) is 14.0. The van der Waals surface area contributed by atoms with Crippen LogP contribution in [0.25, 0.3) is 0 Å². The zero-order valence-electron chi connectivity index (χ0n) is 36.1. The van der Waals surface area contributed by atoms with Gasteiger partial charge in [0, 0.05) is 77.7 Å². The molecule has 0 bridgehead atoms. The Kier molecular flexibility index (Phi) is 19.5. The van der Waals surface area contributed by atoms with Crippen molar-refractivity contribution >= 4 is 35.6 Å². The normalized spacial score (nSPS) is 15.4. The molecule has 3 aromatic rings. The van der Waals surface area contributed by atoms with E-state index in [2.05, 4.69) is 43.7 Å². The minimum Gasteiger partial charge on any atom is -0.481 e. The van der Waals surface area contributed by atoms with Gasteiger partial charge in [-0.25, -0.2) is 9.36 Å². The van der Waals surface area contributed by atoms with Crippen LogP contribution in [0.5, 0.6) is 0 Å². The first-order valence-corrected chi connectivity index (χ1v) is 21.7. The van der Waals surface area contributed by atoms with Gasteiger partial charge in [-0.15, -0.1) is 16.6 Å². The van der Waals surface area contributed by atoms with Gasteiger partial charge in [0.05, 0.1) is 50.8 Å². The highest BCUT2D eigenvalue weighted by molar-refractivity contribution is 5.81. The molecule has 3 aromatic heterocycles. The minimum atomic E-state index is -0.922. The summed E-state index contributed by atoms with van der Waals surface area (Å²) in [5, 5.41) is 29.1. The Hall–Kier alpha value is -5.50. The molecule has 5 rings (SSSR count). The second-order valence-electron chi connectivity index (χ2n) is 15.1. The molecule has 2 aliphatic rings. The van der Waals surface area contributed by atoms with Crippen molar-refractivity contribution in [3.63, 3.8) is 0 Å². The summed E-state index contributed by atoms with van der Waals surface area (Å²) >= 11 is 0. The number of carboxylic acids is 1. The molecule has 0 unspecified atom stereocenters. The number of ether oxygens (including phenoxy) is 3. The zero-order valence-corrected chi connectivity index (χ0v) is 36.1. The number of aliphatic carboxylic acids is 1. The van der Waals surface area contributed by atoms with Gasteiger partial charge >= 0.3 is 5.97 Å². The smallest absolute Gasteiger partial charge is 0.303 e. The Morgan fingerprint density at radius 3 is 1.98 bits per heavy atom. The van der Waals surface area contributed by atoms with Gasteiger partial charge in [-0.05, 0) is 45.6 Å². The third-order valence-corrected chi connectivity index (χ3v) is 10.6. The quantitative estimate of drug-likeness (QED) is 0.0695. The van der Waals surface area contributed by atoms with E-state index in [0.29, 0.717) is 128 Å². The van der Waals surface area contributed by atoms with Gasteiger partial charge in [0.2, 0.25) is 29.7 Å². The van der Waals surface area contributed by atoms with Gasteiger partial charge in [-0.1, -0.05) is 29.7 Å². The fourth-order valence-corrected chi connectivity index (χ4v) is 7.00. The number of amides is 2. The number of terminal acetylenes is 1. The molecule has 22 heteroatoms. The average Bonchev–Trinajstić information content (AvgIpc) is 3.98. The van der Waals surface area contributed by atoms with Crippen LogP contribution in [0.3, 0.4) is 0 Å². The van der Waals surface area contributed by atoms with E-state index in [0.717, 1.165) is 37.8 Å². The Labute approximate surface area is 362 Å². The molecule has 2 saturated heterocycles. The van der Waals surface area contributed by atoms with Crippen LogP contribution in [0.1, 0.15) is 75.8 Å². The van der Waals surface area contributed by atoms with Crippen LogP contribution >= 0.6 is 0 Å². The Morgan fingerprint density at radius 2 is 1.37 bits per heavy atom. The second-order valence-corrected chi connectivity index (χ2v) is 15.1. The molecule has 340 valence electrons. The number of carbonyl (C=O) groups is 3. The van der Waals surface area contributed by atoms with E-state index >= 15 is 0 Å². The van der Waals surface area contributed by atoms with E-state index in [1.807, 2.05) is 16.0 Å². The van der Waals surface area contributed by atoms with E-state index < -0.39 is 18.1 Å². The molecule has 0 radical (unpaired) electrons. The standard InChI is InChI=1S/C40H63N15O7/c1-4-6-9-32-30-55(49-46-32)34(10-7-8-13-41)37(59)51-17-21-53(22-18-51)40-44-38(42-14-24-61-26-28-62-27-25-60-23-5-2)43-39(45-40)52-19-15-50(16-20-52)36(58)31(3)54-29-33(47-48-54)11-12-35(56)57/h2,29-31,34H,4,6-28,41H2,1,3H3,(H,56,57)(H,42,43,44,45)/t31-,34-/m0/s1. The van der Waals surface area contributed by atoms with Crippen molar-refractivity contribution in [3.8, 4) is 12.3 Å². The van der Waals surface area contributed by atoms with E-state index in [1.165, 1.54) is 4.68 Å². The Morgan fingerprint density at radius 1 is 0.790 bits per heavy atom. The molecule has 4 N–H and O–H groups in total. The number of aromatic nitrogens is 9. The number of nitrogens with two attached hydrogens (primary N) is 1. The molecule has 62 heavy (non-hydrogen) atoms. The average molecular weight is 866 g/mol. The molecule has 2 amide bonds. The molecule has 0 saturated carbocycles. The lowest BCUT2D eigenvalue weighted by Gasteiger charge is -2.37. The van der Waals surface area contributed by atoms with Crippen LogP contribution in [-0.2, 0) is 41.4 Å². The summed E-state index contributed by atoms with van der Waals surface area (Å²) in [7, 11) is 0. The maximum Gasteiger partial charge on any atom is 0.303 e. The highest BCUT2D eigenvalue weighted by Gasteiger charge is 2.32. The van der Waals surface area contributed by atoms with E-state index in [9.17, 15) is 14.4 Å². The number of hydrogen-bond donors (Lipinski definition) is 3. The molecular weight excluding hydrogens is 803 g/mol. The molecule has 0 aliphatic carbocycles. The fraction of sp³-hybridized carbons (Fsp3) is 0.700. The first-order valence-electron chi connectivity index (χ1n) is 21.7. The number of nitrogens with one attached hydrogen (secondary N) is 1. The molecule has 2 fully saturated rings. The van der Waals surface area contributed by atoms with Crippen molar-refractivity contribution in [1.29, 1.82) is 0 Å². The Balaban J connectivity index is 1.21. The molecule has 0 aromatic carbocycles. The van der Waals surface area contributed by atoms with Crippen molar-refractivity contribution in [2.45, 2.75) is 77.3 Å². The van der Waals surface area contributed by atoms with Gasteiger partial charge < -0.3 is 50.0 Å². The van der Waals surface area contributed by atoms with Crippen molar-refractivity contribution in [2.75, 3.05) is 120 Å². The van der Waals surface area contributed by atoms with Crippen LogP contribution < -0.4 is 20.9 Å². The van der Waals surface area contributed by atoms with Crippen LogP contribution in [0.15, 0.2) is 12.4 Å². The zero-order chi connectivity index (χ0) is 44.1. The second kappa shape index (κ2) is 25.4. The van der Waals surface area contributed by atoms with Gasteiger partial charge in [0.25, 0.3) is 0 Å². The number of nitrogens with zero attached hydrogens (tertiary/aromatic N) is 13. The summed E-state index contributed by atoms with van der Waals surface area (Å²) in [6.45, 7) is 11.0. The van der Waals surface area contributed by atoms with E-state index in [-0.39, 0.29) is 31.3 Å². The summed E-state index contributed by atoms with van der Waals surface area (Å²) in [4.78, 5) is 60.8. The molecule has 2 atom stereocenters. The summed E-state index contributed by atoms with van der Waals surface area (Å²) in [6, 6.07) is -1.07. The number of carbonyl (C=O) groups excluding carboxylic acids is 2. The number of carboxylic acid groups (broad SMARTS) is 1. The van der Waals surface area contributed by atoms with Gasteiger partial charge in [0.15, 0.2) is 0 Å². The van der Waals surface area contributed by atoms with Crippen LogP contribution in [0.4, 0.5) is 17.8 Å². The monoisotopic (exact) mass is 866 g/mol. The SMILES string of the molecule is C#CCOCCOCCOCCNc1nc(N2CCN(C(=O)[C@H](C)n3cc(CCC(=O)O)nn3)CC2)nc(N2CCN(C(=O)[C@H](CCCCN)n3cc(CCCC)nn3)CC2)n1. The first-order chi connectivity index (χ1) is 30.2. The third kappa shape index (κ3) is 14.6. The molecule has 22 nitrogen and oxygen atoms in total. The summed E-state index contributed by atoms with van der Waals surface area (Å²) in [5.41, 5.74) is 7.20. The number of unbranched alkanes of at least 4 members (excludes halogenated alkanes) is 2. The summed E-state index contributed by atoms with van der Waals surface area (Å²) < 4.78 is 19.7. The van der Waals surface area contributed by atoms with Crippen LogP contribution in [0.2, 0.25) is 0 Å². The van der Waals surface area contributed by atoms with E-state index in [1.54, 1.807) is 22.7 Å². The third-order valence-electron chi connectivity index (χ3n) is 10.6. The first kappa shape index (κ1) is 47.5. The van der Waals surface area contributed by atoms with E-state index in [4.69, 9.17) is 46.4 Å². The molecule has 5 heterocycles. The van der Waals surface area contributed by atoms with Crippen LogP contribution in [-0.4, -0.2) is 183 Å². The van der Waals surface area contributed by atoms with Crippen molar-refractivity contribution in [1.82, 2.24) is 54.7 Å². The molecule has 0 spiro atoms. The van der Waals surface area contributed by atoms with Crippen LogP contribution in [0, 0.1) is 12.3 Å². The van der Waals surface area contributed by atoms with Crippen molar-refractivity contribution in [3.05, 3.63) is 23.8 Å². The lowest BCUT2D eigenvalue weighted by Crippen LogP contribution is -2.52. The van der Waals surface area contributed by atoms with Gasteiger partial charge in [0.1, 0.15) is 18.7 Å². The number of anilines is 3. The lowest BCUT2D eigenvalue weighted by atomic mass is 10.1. The summed E-state index contributed by atoms with van der Waals surface area (Å²) in [5.74, 6) is 2.74. The predicted octanol–water partition coefficient (Wildman–Crippen LogP) is 0.438. The van der Waals surface area contributed by atoms with Gasteiger partial charge in [-0.3, -0.25) is 14.4 Å². The Bertz CT molecular complexity index is 1870. The molecular formula is C40H63N15O7. The minimum absolute atomic E-state index is 0.0131.